The maximum absolute atomic E-state index is 7.69. The normalized spacial score (nSPS) is 14.9. The molecule has 3 heterocycles. The van der Waals surface area contributed by atoms with Gasteiger partial charge >= 0.3 is 0 Å². The average Bonchev–Trinajstić information content (AvgIpc) is 3.40. The fourth-order valence-electron chi connectivity index (χ4n) is 12.0. The van der Waals surface area contributed by atoms with Gasteiger partial charge in [-0.05, 0) is 88.3 Å². The average molecular weight is 907 g/mol. The molecule has 0 radical (unpaired) electrons. The molecule has 10 aromatic carbocycles. The third-order valence-electron chi connectivity index (χ3n) is 14.7. The monoisotopic (exact) mass is 906 g/mol. The van der Waals surface area contributed by atoms with Gasteiger partial charge in [-0.3, -0.25) is 0 Å². The predicted molar refractivity (Wildman–Crippen MR) is 289 cm³/mol. The van der Waals surface area contributed by atoms with Gasteiger partial charge in [0.15, 0.2) is 27.6 Å². The van der Waals surface area contributed by atoms with Crippen LogP contribution in [0.4, 0.5) is 34.1 Å². The van der Waals surface area contributed by atoms with E-state index in [-0.39, 0.29) is 0 Å². The van der Waals surface area contributed by atoms with E-state index in [1.165, 1.54) is 74.6 Å². The second-order valence-electron chi connectivity index (χ2n) is 17.9. The molecule has 0 fully saturated rings. The molecule has 0 saturated carbocycles. The van der Waals surface area contributed by atoms with Crippen molar-refractivity contribution in [2.45, 2.75) is 6.55 Å². The first-order valence-electron chi connectivity index (χ1n) is 23.3. The number of para-hydroxylation sites is 6. The topological polar surface area (TPSA) is 15.7 Å². The lowest BCUT2D eigenvalue weighted by atomic mass is 10.1. The van der Waals surface area contributed by atoms with Crippen molar-refractivity contribution in [1.29, 1.82) is 0 Å². The second kappa shape index (κ2) is 15.7. The van der Waals surface area contributed by atoms with Crippen molar-refractivity contribution >= 4 is 111 Å². The van der Waals surface area contributed by atoms with Gasteiger partial charge in [0.05, 0.1) is 11.4 Å². The molecule has 0 saturated heterocycles. The van der Waals surface area contributed by atoms with Crippen LogP contribution < -0.4 is 66.4 Å². The number of nitrogens with zero attached hydrogens (tertiary/aromatic N) is 2. The lowest BCUT2D eigenvalue weighted by molar-refractivity contribution is 0.489. The summed E-state index contributed by atoms with van der Waals surface area (Å²) in [4.78, 5) is 5.03. The summed E-state index contributed by atoms with van der Waals surface area (Å²) in [5.41, 5.74) is 6.95. The molecule has 0 atom stereocenters. The Morgan fingerprint density at radius 3 is 0.836 bits per heavy atom. The summed E-state index contributed by atoms with van der Waals surface area (Å²) in [5.74, 6) is 1.91. The molecule has 67 heavy (non-hydrogen) atoms. The Bertz CT molecular complexity index is 3080. The highest BCUT2D eigenvalue weighted by atomic mass is 28.3. The van der Waals surface area contributed by atoms with Gasteiger partial charge in [-0.1, -0.05) is 225 Å². The number of hydrogen-bond donors (Lipinski definition) is 0. The molecule has 6 heteroatoms. The van der Waals surface area contributed by atoms with E-state index in [1.54, 1.807) is 0 Å². The Labute approximate surface area is 396 Å². The highest BCUT2D eigenvalue weighted by molar-refractivity contribution is 7.22. The van der Waals surface area contributed by atoms with Crippen LogP contribution in [0.15, 0.2) is 255 Å². The molecule has 318 valence electrons. The first-order valence-corrected chi connectivity index (χ1v) is 29.7. The van der Waals surface area contributed by atoms with E-state index in [2.05, 4.69) is 271 Å². The van der Waals surface area contributed by atoms with Crippen molar-refractivity contribution in [3.05, 3.63) is 255 Å². The molecule has 0 unspecified atom stereocenters. The zero-order valence-corrected chi connectivity index (χ0v) is 40.3. The van der Waals surface area contributed by atoms with Crippen LogP contribution in [0.25, 0.3) is 0 Å². The van der Waals surface area contributed by atoms with E-state index in [9.17, 15) is 0 Å². The zero-order valence-electron chi connectivity index (χ0n) is 37.1. The van der Waals surface area contributed by atoms with Crippen LogP contribution in [-0.4, -0.2) is 24.9 Å². The molecular weight excluding hydrogens is 861 g/mol. The standard InChI is InChI=1S/C61H46N2OSi3/c1-65-54-38-22-36-52(62-48-32-14-18-40-56(48)66(44-24-6-2-7-25-44,45-26-8-3-9-27-45)57-41-19-15-33-49(57)62)60(54)64-61-53(37-23-39-55(61)65)63-50-34-16-20-42-58(50)67(46-28-10-4-11-29-46,47-30-12-5-13-31-47)59-43-21-17-35-51(59)63/h2-43,65H,1H3. The molecule has 0 aliphatic carbocycles. The van der Waals surface area contributed by atoms with Gasteiger partial charge in [0, 0.05) is 22.7 Å². The molecule has 0 aromatic heterocycles. The van der Waals surface area contributed by atoms with E-state index in [1.807, 2.05) is 0 Å². The number of benzene rings is 10. The van der Waals surface area contributed by atoms with Gasteiger partial charge in [0.2, 0.25) is 0 Å². The molecule has 13 rings (SSSR count). The van der Waals surface area contributed by atoms with Gasteiger partial charge in [-0.15, -0.1) is 0 Å². The van der Waals surface area contributed by atoms with E-state index in [0.29, 0.717) is 0 Å². The molecule has 0 amide bonds. The smallest absolute Gasteiger partial charge is 0.184 e. The highest BCUT2D eigenvalue weighted by Gasteiger charge is 2.51. The van der Waals surface area contributed by atoms with Crippen LogP contribution in [-0.2, 0) is 0 Å². The fraction of sp³-hybridized carbons (Fsp3) is 0.0164. The number of fused-ring (bicyclic) bond motifs is 6. The minimum Gasteiger partial charge on any atom is -0.453 e. The van der Waals surface area contributed by atoms with E-state index in [0.717, 1.165) is 22.9 Å². The summed E-state index contributed by atoms with van der Waals surface area (Å²) in [6, 6.07) is 95.4. The van der Waals surface area contributed by atoms with Crippen LogP contribution in [0.2, 0.25) is 6.55 Å². The van der Waals surface area contributed by atoms with E-state index >= 15 is 0 Å². The van der Waals surface area contributed by atoms with Crippen molar-refractivity contribution in [1.82, 2.24) is 0 Å². The molecular formula is C61H46N2OSi3. The number of rotatable bonds is 6. The van der Waals surface area contributed by atoms with E-state index < -0.39 is 24.9 Å². The summed E-state index contributed by atoms with van der Waals surface area (Å²) in [7, 11) is -7.40. The maximum atomic E-state index is 7.69. The number of ether oxygens (including phenoxy) is 1. The van der Waals surface area contributed by atoms with Crippen LogP contribution in [0.5, 0.6) is 11.5 Å². The lowest BCUT2D eigenvalue weighted by Gasteiger charge is -2.46. The van der Waals surface area contributed by atoms with Crippen LogP contribution in [0.3, 0.4) is 0 Å². The quantitative estimate of drug-likeness (QED) is 0.157. The van der Waals surface area contributed by atoms with Gasteiger partial charge in [0.25, 0.3) is 0 Å². The Hall–Kier alpha value is -7.75. The Balaban J connectivity index is 1.02. The zero-order chi connectivity index (χ0) is 44.5. The third kappa shape index (κ3) is 5.67. The van der Waals surface area contributed by atoms with Crippen molar-refractivity contribution in [3.8, 4) is 11.5 Å². The summed E-state index contributed by atoms with van der Waals surface area (Å²) in [6.45, 7) is 2.48. The fourth-order valence-corrected chi connectivity index (χ4v) is 24.5. The number of anilines is 6. The Morgan fingerprint density at radius 1 is 0.284 bits per heavy atom. The van der Waals surface area contributed by atoms with Gasteiger partial charge in [-0.25, -0.2) is 0 Å². The Kier molecular flexibility index (Phi) is 9.28. The van der Waals surface area contributed by atoms with Crippen LogP contribution in [0, 0.1) is 0 Å². The first-order chi connectivity index (χ1) is 33.2. The SMILES string of the molecule is C[SiH]1c2cccc(N3c4ccccc4[Si](c4ccccc4)(c4ccccc4)c4ccccc43)c2Oc2c(N3c4ccccc4[Si](c4ccccc4)(c4ccccc4)c4ccccc43)cccc21. The summed E-state index contributed by atoms with van der Waals surface area (Å²) < 4.78 is 7.69. The Morgan fingerprint density at radius 2 is 0.537 bits per heavy atom. The second-order valence-corrected chi connectivity index (χ2v) is 28.1. The minimum absolute atomic E-state index is 0.954. The first kappa shape index (κ1) is 39.6. The van der Waals surface area contributed by atoms with Gasteiger partial charge in [0.1, 0.15) is 8.80 Å². The summed E-state index contributed by atoms with van der Waals surface area (Å²) in [5, 5.41) is 13.6. The van der Waals surface area contributed by atoms with Crippen molar-refractivity contribution in [3.63, 3.8) is 0 Å². The molecule has 0 bridgehead atoms. The number of hydrogen-bond acceptors (Lipinski definition) is 3. The van der Waals surface area contributed by atoms with Crippen LogP contribution in [0.1, 0.15) is 0 Å². The van der Waals surface area contributed by atoms with Gasteiger partial charge in [-0.2, -0.15) is 0 Å². The lowest BCUT2D eigenvalue weighted by Crippen LogP contribution is -2.77. The molecule has 3 aliphatic rings. The minimum atomic E-state index is -2.79. The van der Waals surface area contributed by atoms with Crippen molar-refractivity contribution < 1.29 is 4.74 Å². The van der Waals surface area contributed by atoms with Crippen LogP contribution >= 0.6 is 0 Å². The van der Waals surface area contributed by atoms with E-state index in [4.69, 9.17) is 4.74 Å². The van der Waals surface area contributed by atoms with Crippen molar-refractivity contribution in [2.24, 2.45) is 0 Å². The summed E-state index contributed by atoms with van der Waals surface area (Å²) >= 11 is 0. The maximum Gasteiger partial charge on any atom is 0.184 e. The molecule has 3 aliphatic heterocycles. The third-order valence-corrected chi connectivity index (χ3v) is 27.2. The molecule has 10 aromatic rings. The molecule has 0 spiro atoms. The predicted octanol–water partition coefficient (Wildman–Crippen LogP) is 8.08. The highest BCUT2D eigenvalue weighted by Crippen LogP contribution is 2.48. The molecule has 0 N–H and O–H groups in total. The largest absolute Gasteiger partial charge is 0.453 e. The van der Waals surface area contributed by atoms with Gasteiger partial charge < -0.3 is 14.5 Å². The van der Waals surface area contributed by atoms with Crippen molar-refractivity contribution in [2.75, 3.05) is 9.80 Å². The molecule has 3 nitrogen and oxygen atoms in total. The summed E-state index contributed by atoms with van der Waals surface area (Å²) in [6.07, 6.45) is 0.